The lowest BCUT2D eigenvalue weighted by atomic mass is 10.1. The number of hydrogen-bond acceptors (Lipinski definition) is 3. The topological polar surface area (TPSA) is 50.1 Å². The van der Waals surface area contributed by atoms with Crippen molar-refractivity contribution in [1.82, 2.24) is 10.6 Å². The first-order chi connectivity index (χ1) is 5.43. The van der Waals surface area contributed by atoms with Crippen LogP contribution in [-0.4, -0.2) is 32.2 Å². The van der Waals surface area contributed by atoms with Crippen LogP contribution in [0, 0.1) is 0 Å². The number of nitrogens with one attached hydrogen (secondary N) is 2. The number of nitrogens with two attached hydrogens (primary N) is 1. The van der Waals surface area contributed by atoms with Crippen LogP contribution in [0.15, 0.2) is 0 Å². The van der Waals surface area contributed by atoms with Gasteiger partial charge in [-0.3, -0.25) is 0 Å². The lowest BCUT2D eigenvalue weighted by Gasteiger charge is -2.23. The third-order valence-electron chi connectivity index (χ3n) is 2.11. The molecule has 11 heavy (non-hydrogen) atoms. The van der Waals surface area contributed by atoms with E-state index in [1.807, 2.05) is 0 Å². The second kappa shape index (κ2) is 5.52. The van der Waals surface area contributed by atoms with Gasteiger partial charge in [-0.05, 0) is 38.9 Å². The molecule has 0 aromatic heterocycles. The highest BCUT2D eigenvalue weighted by molar-refractivity contribution is 4.74. The van der Waals surface area contributed by atoms with Gasteiger partial charge in [-0.1, -0.05) is 0 Å². The first-order valence-electron chi connectivity index (χ1n) is 4.57. The molecule has 0 saturated carbocycles. The van der Waals surface area contributed by atoms with E-state index in [2.05, 4.69) is 10.6 Å². The van der Waals surface area contributed by atoms with Gasteiger partial charge in [-0.15, -0.1) is 0 Å². The quantitative estimate of drug-likeness (QED) is 0.490. The standard InChI is InChI=1S/C8H19N3/c9-4-2-6-11-8-3-1-5-10-7-8/h8,10-11H,1-7,9H2. The fourth-order valence-electron chi connectivity index (χ4n) is 1.43. The number of rotatable bonds is 4. The van der Waals surface area contributed by atoms with E-state index < -0.39 is 0 Å². The van der Waals surface area contributed by atoms with Crippen molar-refractivity contribution in [2.75, 3.05) is 26.2 Å². The summed E-state index contributed by atoms with van der Waals surface area (Å²) in [5, 5.41) is 6.85. The summed E-state index contributed by atoms with van der Waals surface area (Å²) in [5.41, 5.74) is 5.39. The maximum atomic E-state index is 5.39. The summed E-state index contributed by atoms with van der Waals surface area (Å²) < 4.78 is 0. The van der Waals surface area contributed by atoms with Crippen LogP contribution in [0.2, 0.25) is 0 Å². The first kappa shape index (κ1) is 8.97. The van der Waals surface area contributed by atoms with E-state index in [9.17, 15) is 0 Å². The summed E-state index contributed by atoms with van der Waals surface area (Å²) in [5.74, 6) is 0. The van der Waals surface area contributed by atoms with Crippen molar-refractivity contribution in [3.8, 4) is 0 Å². The van der Waals surface area contributed by atoms with Crippen molar-refractivity contribution < 1.29 is 0 Å². The molecule has 1 atom stereocenters. The average molecular weight is 157 g/mol. The Balaban J connectivity index is 1.96. The van der Waals surface area contributed by atoms with Crippen LogP contribution in [0.4, 0.5) is 0 Å². The lowest BCUT2D eigenvalue weighted by Crippen LogP contribution is -2.43. The van der Waals surface area contributed by atoms with Gasteiger partial charge in [0.1, 0.15) is 0 Å². The highest BCUT2D eigenvalue weighted by atomic mass is 15.0. The van der Waals surface area contributed by atoms with E-state index in [1.165, 1.54) is 19.4 Å². The van der Waals surface area contributed by atoms with Gasteiger partial charge in [0.05, 0.1) is 0 Å². The van der Waals surface area contributed by atoms with Crippen molar-refractivity contribution in [2.45, 2.75) is 25.3 Å². The van der Waals surface area contributed by atoms with E-state index >= 15 is 0 Å². The second-order valence-electron chi connectivity index (χ2n) is 3.14. The minimum absolute atomic E-state index is 0.690. The molecule has 1 unspecified atom stereocenters. The van der Waals surface area contributed by atoms with E-state index in [0.29, 0.717) is 6.04 Å². The van der Waals surface area contributed by atoms with Crippen LogP contribution in [0.25, 0.3) is 0 Å². The van der Waals surface area contributed by atoms with Gasteiger partial charge in [0.25, 0.3) is 0 Å². The Bertz CT molecular complexity index is 89.3. The normalized spacial score (nSPS) is 25.4. The molecule has 1 saturated heterocycles. The summed E-state index contributed by atoms with van der Waals surface area (Å²) in [6.45, 7) is 4.19. The van der Waals surface area contributed by atoms with Gasteiger partial charge in [0, 0.05) is 12.6 Å². The molecule has 3 nitrogen and oxygen atoms in total. The van der Waals surface area contributed by atoms with Gasteiger partial charge in [0.2, 0.25) is 0 Å². The SMILES string of the molecule is NCCCNC1CCCNC1. The molecule has 1 aliphatic heterocycles. The van der Waals surface area contributed by atoms with Gasteiger partial charge in [-0.2, -0.15) is 0 Å². The van der Waals surface area contributed by atoms with Gasteiger partial charge in [0.15, 0.2) is 0 Å². The molecule has 1 fully saturated rings. The van der Waals surface area contributed by atoms with Crippen LogP contribution in [0.1, 0.15) is 19.3 Å². The molecule has 1 rings (SSSR count). The van der Waals surface area contributed by atoms with Crippen molar-refractivity contribution in [2.24, 2.45) is 5.73 Å². The molecule has 3 heteroatoms. The molecule has 0 aliphatic carbocycles. The molecule has 1 heterocycles. The Morgan fingerprint density at radius 3 is 3.09 bits per heavy atom. The predicted molar refractivity (Wildman–Crippen MR) is 47.6 cm³/mol. The van der Waals surface area contributed by atoms with Crippen LogP contribution < -0.4 is 16.4 Å². The van der Waals surface area contributed by atoms with Crippen LogP contribution in [-0.2, 0) is 0 Å². The Labute approximate surface area is 68.7 Å². The van der Waals surface area contributed by atoms with Crippen LogP contribution in [0.5, 0.6) is 0 Å². The summed E-state index contributed by atoms with van der Waals surface area (Å²) in [6.07, 6.45) is 3.72. The monoisotopic (exact) mass is 157 g/mol. The summed E-state index contributed by atoms with van der Waals surface area (Å²) in [4.78, 5) is 0. The van der Waals surface area contributed by atoms with E-state index in [1.54, 1.807) is 0 Å². The maximum absolute atomic E-state index is 5.39. The van der Waals surface area contributed by atoms with Crippen molar-refractivity contribution in [3.05, 3.63) is 0 Å². The molecule has 66 valence electrons. The van der Waals surface area contributed by atoms with Crippen molar-refractivity contribution >= 4 is 0 Å². The first-order valence-corrected chi connectivity index (χ1v) is 4.57. The Morgan fingerprint density at radius 1 is 1.55 bits per heavy atom. The average Bonchev–Trinajstić information content (AvgIpc) is 2.07. The fourth-order valence-corrected chi connectivity index (χ4v) is 1.43. The van der Waals surface area contributed by atoms with Gasteiger partial charge >= 0.3 is 0 Å². The number of hydrogen-bond donors (Lipinski definition) is 3. The minimum atomic E-state index is 0.690. The molecule has 1 aliphatic rings. The molecule has 0 spiro atoms. The van der Waals surface area contributed by atoms with Crippen molar-refractivity contribution in [3.63, 3.8) is 0 Å². The van der Waals surface area contributed by atoms with Crippen LogP contribution in [0.3, 0.4) is 0 Å². The highest BCUT2D eigenvalue weighted by Crippen LogP contribution is 2.00. The number of piperidine rings is 1. The highest BCUT2D eigenvalue weighted by Gasteiger charge is 2.10. The largest absolute Gasteiger partial charge is 0.330 e. The second-order valence-corrected chi connectivity index (χ2v) is 3.14. The Kier molecular flexibility index (Phi) is 4.50. The fraction of sp³-hybridized carbons (Fsp3) is 1.00. The van der Waals surface area contributed by atoms with Gasteiger partial charge < -0.3 is 16.4 Å². The summed E-state index contributed by atoms with van der Waals surface area (Å²) in [6, 6.07) is 0.690. The van der Waals surface area contributed by atoms with E-state index in [-0.39, 0.29) is 0 Å². The molecule has 4 N–H and O–H groups in total. The Hall–Kier alpha value is -0.120. The molecule has 0 bridgehead atoms. The zero-order chi connectivity index (χ0) is 7.94. The molecule has 0 radical (unpaired) electrons. The summed E-state index contributed by atoms with van der Waals surface area (Å²) in [7, 11) is 0. The molecular weight excluding hydrogens is 138 g/mol. The predicted octanol–water partition coefficient (Wildman–Crippen LogP) is -0.323. The Morgan fingerprint density at radius 2 is 2.45 bits per heavy atom. The maximum Gasteiger partial charge on any atom is 0.0192 e. The van der Waals surface area contributed by atoms with E-state index in [0.717, 1.165) is 26.1 Å². The van der Waals surface area contributed by atoms with E-state index in [4.69, 9.17) is 5.73 Å². The molecule has 0 amide bonds. The molecule has 0 aromatic carbocycles. The smallest absolute Gasteiger partial charge is 0.0192 e. The molecule has 0 aromatic rings. The summed E-state index contributed by atoms with van der Waals surface area (Å²) >= 11 is 0. The zero-order valence-electron chi connectivity index (χ0n) is 7.10. The molecular formula is C8H19N3. The third kappa shape index (κ3) is 3.70. The van der Waals surface area contributed by atoms with Gasteiger partial charge in [-0.25, -0.2) is 0 Å². The minimum Gasteiger partial charge on any atom is -0.330 e. The third-order valence-corrected chi connectivity index (χ3v) is 2.11. The van der Waals surface area contributed by atoms with Crippen molar-refractivity contribution in [1.29, 1.82) is 0 Å². The lowest BCUT2D eigenvalue weighted by molar-refractivity contribution is 0.389. The zero-order valence-corrected chi connectivity index (χ0v) is 7.10. The van der Waals surface area contributed by atoms with Crippen LogP contribution >= 0.6 is 0 Å².